The molecule has 0 aliphatic heterocycles. The van der Waals surface area contributed by atoms with E-state index >= 15 is 0 Å². The first kappa shape index (κ1) is 21.4. The normalized spacial score (nSPS) is 28.2. The van der Waals surface area contributed by atoms with Gasteiger partial charge < -0.3 is 5.32 Å². The second-order valence-corrected chi connectivity index (χ2v) is 10.2. The molecule has 0 radical (unpaired) electrons. The number of hydroxylamine groups is 1. The molecule has 6 rings (SSSR count). The molecule has 2 amide bonds. The van der Waals surface area contributed by atoms with E-state index in [1.807, 2.05) is 12.1 Å². The fraction of sp³-hybridized carbons (Fsp3) is 0.640. The largest absolute Gasteiger partial charge is 0.349 e. The molecule has 1 heterocycles. The third-order valence-electron chi connectivity index (χ3n) is 7.99. The van der Waals surface area contributed by atoms with Crippen LogP contribution in [-0.4, -0.2) is 33.0 Å². The van der Waals surface area contributed by atoms with Gasteiger partial charge in [-0.2, -0.15) is 5.10 Å². The molecule has 0 saturated heterocycles. The molecule has 2 aromatic rings. The summed E-state index contributed by atoms with van der Waals surface area (Å²) in [6.07, 6.45) is 12.0. The lowest BCUT2D eigenvalue weighted by Crippen LogP contribution is -2.55. The van der Waals surface area contributed by atoms with Crippen molar-refractivity contribution in [1.82, 2.24) is 15.2 Å². The predicted molar refractivity (Wildman–Crippen MR) is 122 cm³/mol. The molecule has 4 bridgehead atoms. The monoisotopic (exact) mass is 438 g/mol. The van der Waals surface area contributed by atoms with Crippen molar-refractivity contribution in [2.75, 3.05) is 5.17 Å². The van der Waals surface area contributed by atoms with Gasteiger partial charge in [-0.3, -0.25) is 14.8 Å². The number of unbranched alkanes of at least 4 members (excludes halogenated alkanes) is 3. The number of nitrogens with one attached hydrogen (secondary N) is 1. The summed E-state index contributed by atoms with van der Waals surface area (Å²) in [5, 5.41) is 19.4. The predicted octanol–water partition coefficient (Wildman–Crippen LogP) is 4.42. The molecule has 0 atom stereocenters. The van der Waals surface area contributed by atoms with E-state index < -0.39 is 5.91 Å². The summed E-state index contributed by atoms with van der Waals surface area (Å²) in [5.74, 6) is 2.31. The van der Waals surface area contributed by atoms with Crippen molar-refractivity contribution in [3.8, 4) is 0 Å². The maximum atomic E-state index is 13.4. The van der Waals surface area contributed by atoms with E-state index in [2.05, 4.69) is 17.3 Å². The fourth-order valence-electron chi connectivity index (χ4n) is 6.69. The van der Waals surface area contributed by atoms with Crippen LogP contribution >= 0.6 is 0 Å². The Balaban J connectivity index is 1.35. The number of fused-ring (bicyclic) bond motifs is 1. The van der Waals surface area contributed by atoms with E-state index in [0.29, 0.717) is 28.1 Å². The summed E-state index contributed by atoms with van der Waals surface area (Å²) in [6.45, 7) is 2.12. The van der Waals surface area contributed by atoms with E-state index in [1.54, 1.807) is 12.3 Å². The lowest BCUT2D eigenvalue weighted by molar-refractivity contribution is -0.127. The number of hydrogen-bond acceptors (Lipinski definition) is 4. The van der Waals surface area contributed by atoms with Crippen LogP contribution in [0, 0.1) is 23.7 Å². The summed E-state index contributed by atoms with van der Waals surface area (Å²) < 4.78 is 0. The Labute approximate surface area is 189 Å². The zero-order valence-corrected chi connectivity index (χ0v) is 18.9. The van der Waals surface area contributed by atoms with Crippen molar-refractivity contribution in [2.45, 2.75) is 77.2 Å². The summed E-state index contributed by atoms with van der Waals surface area (Å²) in [6, 6.07) is 5.66. The molecule has 4 aliphatic rings. The second kappa shape index (κ2) is 8.85. The Hall–Kier alpha value is -2.41. The van der Waals surface area contributed by atoms with Crippen LogP contribution in [0.3, 0.4) is 0 Å². The Bertz CT molecular complexity index is 972. The quantitative estimate of drug-likeness (QED) is 0.363. The van der Waals surface area contributed by atoms with E-state index in [0.717, 1.165) is 42.9 Å². The van der Waals surface area contributed by atoms with Gasteiger partial charge in [0.15, 0.2) is 0 Å². The smallest absolute Gasteiger partial charge is 0.268 e. The van der Waals surface area contributed by atoms with Crippen LogP contribution in [0.25, 0.3) is 10.9 Å². The maximum Gasteiger partial charge on any atom is 0.268 e. The van der Waals surface area contributed by atoms with Crippen molar-refractivity contribution in [3.05, 3.63) is 30.0 Å². The molecule has 0 unspecified atom stereocenters. The van der Waals surface area contributed by atoms with Gasteiger partial charge >= 0.3 is 0 Å². The van der Waals surface area contributed by atoms with Crippen molar-refractivity contribution in [3.63, 3.8) is 0 Å². The molecular formula is C25H34N4O3. The number of benzene rings is 1. The van der Waals surface area contributed by atoms with Crippen molar-refractivity contribution >= 4 is 22.7 Å². The molecule has 7 heteroatoms. The first-order valence-corrected chi connectivity index (χ1v) is 12.3. The topological polar surface area (TPSA) is 87.5 Å². The van der Waals surface area contributed by atoms with Gasteiger partial charge in [0, 0.05) is 17.8 Å². The number of aromatic nitrogens is 2. The minimum Gasteiger partial charge on any atom is -0.349 e. The fourth-order valence-corrected chi connectivity index (χ4v) is 6.69. The van der Waals surface area contributed by atoms with Crippen molar-refractivity contribution < 1.29 is 14.8 Å². The average molecular weight is 439 g/mol. The van der Waals surface area contributed by atoms with Crippen LogP contribution in [0.4, 0.5) is 0 Å². The highest BCUT2D eigenvalue weighted by Gasteiger charge is 2.48. The van der Waals surface area contributed by atoms with Gasteiger partial charge in [-0.1, -0.05) is 38.3 Å². The first-order valence-electron chi connectivity index (χ1n) is 12.3. The molecule has 172 valence electrons. The number of rotatable bonds is 8. The van der Waals surface area contributed by atoms with E-state index in [1.165, 1.54) is 36.9 Å². The van der Waals surface area contributed by atoms with Crippen molar-refractivity contribution in [1.29, 1.82) is 0 Å². The number of carbonyl (C=O) groups is 2. The number of nitrogens with zero attached hydrogens (tertiary/aromatic N) is 3. The molecule has 0 spiro atoms. The second-order valence-electron chi connectivity index (χ2n) is 10.2. The first-order chi connectivity index (χ1) is 15.5. The van der Waals surface area contributed by atoms with Gasteiger partial charge in [-0.05, 0) is 68.3 Å². The highest BCUT2D eigenvalue weighted by molar-refractivity contribution is 6.06. The van der Waals surface area contributed by atoms with Crippen LogP contribution in [0.1, 0.15) is 81.5 Å². The number of para-hydroxylation sites is 1. The molecule has 32 heavy (non-hydrogen) atoms. The Kier molecular flexibility index (Phi) is 5.93. The molecule has 4 saturated carbocycles. The molecule has 7 nitrogen and oxygen atoms in total. The van der Waals surface area contributed by atoms with Crippen LogP contribution in [0.2, 0.25) is 0 Å². The van der Waals surface area contributed by atoms with Crippen LogP contribution in [0.5, 0.6) is 0 Å². The van der Waals surface area contributed by atoms with Gasteiger partial charge in [0.2, 0.25) is 0 Å². The minimum atomic E-state index is -0.414. The van der Waals surface area contributed by atoms with Gasteiger partial charge in [-0.25, -0.2) is 0 Å². The van der Waals surface area contributed by atoms with Gasteiger partial charge in [-0.15, -0.1) is 9.96 Å². The maximum absolute atomic E-state index is 13.4. The standard InChI is InChI=1S/C25H34N4O3/c1-2-3-4-5-9-22(30)29(32)28-24-18(15-26-28)7-6-8-21(24)25(31)27-23-19-11-16-10-17(13-19)14-20(23)12-16/h6-8,15-17,19-20,23,32H,2-5,9-14H2,1H3,(H,27,31). The Morgan fingerprint density at radius 3 is 2.50 bits per heavy atom. The summed E-state index contributed by atoms with van der Waals surface area (Å²) in [4.78, 5) is 27.1. The molecule has 1 aromatic heterocycles. The van der Waals surface area contributed by atoms with E-state index in [9.17, 15) is 14.8 Å². The molecule has 1 aromatic carbocycles. The summed E-state index contributed by atoms with van der Waals surface area (Å²) in [5.41, 5.74) is 0.921. The van der Waals surface area contributed by atoms with Gasteiger partial charge in [0.05, 0.1) is 11.8 Å². The summed E-state index contributed by atoms with van der Waals surface area (Å²) >= 11 is 0. The van der Waals surface area contributed by atoms with Gasteiger partial charge in [0.1, 0.15) is 5.52 Å². The summed E-state index contributed by atoms with van der Waals surface area (Å²) in [7, 11) is 0. The van der Waals surface area contributed by atoms with Crippen LogP contribution < -0.4 is 10.5 Å². The Morgan fingerprint density at radius 2 is 1.81 bits per heavy atom. The van der Waals surface area contributed by atoms with E-state index in [4.69, 9.17) is 0 Å². The van der Waals surface area contributed by atoms with Crippen LogP contribution in [0.15, 0.2) is 24.4 Å². The zero-order valence-electron chi connectivity index (χ0n) is 18.9. The number of hydrogen-bond donors (Lipinski definition) is 2. The SMILES string of the molecule is CCCCCCC(=O)N(O)n1ncc2cccc(C(=O)NC3C4CC5CC(C4)CC3C5)c21. The number of amides is 2. The molecule has 4 aliphatic carbocycles. The average Bonchev–Trinajstić information content (AvgIpc) is 3.22. The molecule has 4 fully saturated rings. The third-order valence-corrected chi connectivity index (χ3v) is 7.99. The lowest BCUT2D eigenvalue weighted by Gasteiger charge is -2.54. The highest BCUT2D eigenvalue weighted by atomic mass is 16.6. The third kappa shape index (κ3) is 3.91. The van der Waals surface area contributed by atoms with Gasteiger partial charge in [0.25, 0.3) is 11.8 Å². The van der Waals surface area contributed by atoms with Crippen molar-refractivity contribution in [2.24, 2.45) is 23.7 Å². The zero-order chi connectivity index (χ0) is 22.2. The Morgan fingerprint density at radius 1 is 1.09 bits per heavy atom. The lowest BCUT2D eigenvalue weighted by atomic mass is 9.54. The highest BCUT2D eigenvalue weighted by Crippen LogP contribution is 2.53. The number of carbonyl (C=O) groups excluding carboxylic acids is 2. The van der Waals surface area contributed by atoms with Crippen LogP contribution in [-0.2, 0) is 4.79 Å². The molecular weight excluding hydrogens is 404 g/mol. The molecule has 2 N–H and O–H groups in total. The van der Waals surface area contributed by atoms with E-state index in [-0.39, 0.29) is 18.4 Å². The minimum absolute atomic E-state index is 0.140.